The highest BCUT2D eigenvalue weighted by Gasteiger charge is 2.15. The first kappa shape index (κ1) is 12.8. The lowest BCUT2D eigenvalue weighted by atomic mass is 9.98. The average Bonchev–Trinajstić information content (AvgIpc) is 2.31. The van der Waals surface area contributed by atoms with Gasteiger partial charge in [0.2, 0.25) is 5.91 Å². The second-order valence-corrected chi connectivity index (χ2v) is 4.10. The summed E-state index contributed by atoms with van der Waals surface area (Å²) in [6, 6.07) is 9.66. The van der Waals surface area contributed by atoms with Gasteiger partial charge in [-0.15, -0.1) is 0 Å². The van der Waals surface area contributed by atoms with E-state index in [2.05, 4.69) is 19.2 Å². The van der Waals surface area contributed by atoms with Gasteiger partial charge in [0.25, 0.3) is 0 Å². The molecule has 0 saturated heterocycles. The molecule has 1 unspecified atom stereocenters. The third-order valence-electron chi connectivity index (χ3n) is 2.81. The smallest absolute Gasteiger partial charge is 0.227 e. The third-order valence-corrected chi connectivity index (χ3v) is 2.81. The van der Waals surface area contributed by atoms with Crippen molar-refractivity contribution < 1.29 is 4.79 Å². The van der Waals surface area contributed by atoms with E-state index in [-0.39, 0.29) is 11.8 Å². The molecule has 0 aliphatic rings. The molecular formula is C14H21NO. The van der Waals surface area contributed by atoms with Crippen LogP contribution in [0, 0.1) is 5.92 Å². The number of nitrogens with one attached hydrogen (secondary N) is 1. The summed E-state index contributed by atoms with van der Waals surface area (Å²) in [5.74, 6) is 0.308. The maximum absolute atomic E-state index is 11.9. The maximum atomic E-state index is 11.9. The molecule has 88 valence electrons. The van der Waals surface area contributed by atoms with E-state index in [0.717, 1.165) is 31.4 Å². The molecule has 1 amide bonds. The van der Waals surface area contributed by atoms with E-state index >= 15 is 0 Å². The Kier molecular flexibility index (Phi) is 5.62. The standard InChI is InChI=1S/C14H21NO/c1-3-5-9-12(4-2)14(16)15-13-10-7-6-8-11-13/h6-8,10-12H,3-5,9H2,1-2H3,(H,15,16). The van der Waals surface area contributed by atoms with Crippen molar-refractivity contribution >= 4 is 11.6 Å². The van der Waals surface area contributed by atoms with Crippen LogP contribution >= 0.6 is 0 Å². The summed E-state index contributed by atoms with van der Waals surface area (Å²) in [5.41, 5.74) is 0.891. The zero-order chi connectivity index (χ0) is 11.8. The Morgan fingerprint density at radius 3 is 2.50 bits per heavy atom. The van der Waals surface area contributed by atoms with Gasteiger partial charge in [-0.25, -0.2) is 0 Å². The highest BCUT2D eigenvalue weighted by Crippen LogP contribution is 2.15. The molecule has 0 saturated carbocycles. The molecule has 0 heterocycles. The van der Waals surface area contributed by atoms with Gasteiger partial charge in [-0.3, -0.25) is 4.79 Å². The average molecular weight is 219 g/mol. The van der Waals surface area contributed by atoms with Crippen molar-refractivity contribution in [1.82, 2.24) is 0 Å². The lowest BCUT2D eigenvalue weighted by molar-refractivity contribution is -0.120. The van der Waals surface area contributed by atoms with Crippen molar-refractivity contribution in [3.8, 4) is 0 Å². The van der Waals surface area contributed by atoms with Gasteiger partial charge in [0.1, 0.15) is 0 Å². The minimum absolute atomic E-state index is 0.153. The van der Waals surface area contributed by atoms with Gasteiger partial charge in [0, 0.05) is 11.6 Å². The van der Waals surface area contributed by atoms with E-state index in [1.165, 1.54) is 0 Å². The van der Waals surface area contributed by atoms with Crippen LogP contribution in [-0.2, 0) is 4.79 Å². The van der Waals surface area contributed by atoms with E-state index in [9.17, 15) is 4.79 Å². The van der Waals surface area contributed by atoms with Crippen molar-refractivity contribution in [3.63, 3.8) is 0 Å². The first-order valence-corrected chi connectivity index (χ1v) is 6.13. The molecule has 0 spiro atoms. The molecule has 1 aromatic rings. The number of rotatable bonds is 6. The van der Waals surface area contributed by atoms with Crippen LogP contribution < -0.4 is 5.32 Å². The SMILES string of the molecule is CCCCC(CC)C(=O)Nc1ccccc1. The van der Waals surface area contributed by atoms with Crippen molar-refractivity contribution in [1.29, 1.82) is 0 Å². The highest BCUT2D eigenvalue weighted by molar-refractivity contribution is 5.92. The van der Waals surface area contributed by atoms with E-state index in [0.29, 0.717) is 0 Å². The monoisotopic (exact) mass is 219 g/mol. The van der Waals surface area contributed by atoms with Crippen LogP contribution in [0.2, 0.25) is 0 Å². The fourth-order valence-corrected chi connectivity index (χ4v) is 1.74. The van der Waals surface area contributed by atoms with Crippen LogP contribution in [0.5, 0.6) is 0 Å². The first-order valence-electron chi connectivity index (χ1n) is 6.13. The molecule has 1 aromatic carbocycles. The van der Waals surface area contributed by atoms with Crippen LogP contribution in [0.15, 0.2) is 30.3 Å². The number of hydrogen-bond donors (Lipinski definition) is 1. The number of hydrogen-bond acceptors (Lipinski definition) is 1. The lowest BCUT2D eigenvalue weighted by Gasteiger charge is -2.14. The molecule has 1 atom stereocenters. The van der Waals surface area contributed by atoms with Crippen molar-refractivity contribution in [2.24, 2.45) is 5.92 Å². The Balaban J connectivity index is 2.49. The number of unbranched alkanes of at least 4 members (excludes halogenated alkanes) is 1. The predicted molar refractivity (Wildman–Crippen MR) is 68.4 cm³/mol. The Morgan fingerprint density at radius 1 is 1.25 bits per heavy atom. The second kappa shape index (κ2) is 7.04. The molecule has 0 bridgehead atoms. The molecular weight excluding hydrogens is 198 g/mol. The summed E-state index contributed by atoms with van der Waals surface area (Å²) in [6.07, 6.45) is 4.18. The van der Waals surface area contributed by atoms with E-state index in [1.807, 2.05) is 30.3 Å². The molecule has 1 N–H and O–H groups in total. The molecule has 16 heavy (non-hydrogen) atoms. The topological polar surface area (TPSA) is 29.1 Å². The Hall–Kier alpha value is -1.31. The van der Waals surface area contributed by atoms with Gasteiger partial charge in [-0.1, -0.05) is 44.9 Å². The number of carbonyl (C=O) groups is 1. The molecule has 0 radical (unpaired) electrons. The summed E-state index contributed by atoms with van der Waals surface area (Å²) in [6.45, 7) is 4.23. The fraction of sp³-hybridized carbons (Fsp3) is 0.500. The summed E-state index contributed by atoms with van der Waals surface area (Å²) in [5, 5.41) is 2.96. The zero-order valence-corrected chi connectivity index (χ0v) is 10.2. The van der Waals surface area contributed by atoms with Crippen molar-refractivity contribution in [2.75, 3.05) is 5.32 Å². The van der Waals surface area contributed by atoms with E-state index in [1.54, 1.807) is 0 Å². The summed E-state index contributed by atoms with van der Waals surface area (Å²) < 4.78 is 0. The van der Waals surface area contributed by atoms with Crippen LogP contribution in [0.3, 0.4) is 0 Å². The Morgan fingerprint density at radius 2 is 1.94 bits per heavy atom. The van der Waals surface area contributed by atoms with Crippen LogP contribution in [0.4, 0.5) is 5.69 Å². The van der Waals surface area contributed by atoms with Crippen LogP contribution in [-0.4, -0.2) is 5.91 Å². The molecule has 0 aromatic heterocycles. The second-order valence-electron chi connectivity index (χ2n) is 4.10. The Labute approximate surface area is 98.1 Å². The van der Waals surface area contributed by atoms with Gasteiger partial charge < -0.3 is 5.32 Å². The van der Waals surface area contributed by atoms with Gasteiger partial charge in [0.15, 0.2) is 0 Å². The summed E-state index contributed by atoms with van der Waals surface area (Å²) in [4.78, 5) is 11.9. The maximum Gasteiger partial charge on any atom is 0.227 e. The van der Waals surface area contributed by atoms with Gasteiger partial charge in [0.05, 0.1) is 0 Å². The minimum atomic E-state index is 0.153. The van der Waals surface area contributed by atoms with E-state index < -0.39 is 0 Å². The normalized spacial score (nSPS) is 12.1. The predicted octanol–water partition coefficient (Wildman–Crippen LogP) is 3.84. The van der Waals surface area contributed by atoms with Crippen LogP contribution in [0.1, 0.15) is 39.5 Å². The molecule has 2 heteroatoms. The Bertz CT molecular complexity index is 308. The number of anilines is 1. The number of para-hydroxylation sites is 1. The molecule has 0 aliphatic heterocycles. The fourth-order valence-electron chi connectivity index (χ4n) is 1.74. The number of benzene rings is 1. The van der Waals surface area contributed by atoms with Crippen molar-refractivity contribution in [2.45, 2.75) is 39.5 Å². The lowest BCUT2D eigenvalue weighted by Crippen LogP contribution is -2.22. The quantitative estimate of drug-likeness (QED) is 0.773. The van der Waals surface area contributed by atoms with Crippen LogP contribution in [0.25, 0.3) is 0 Å². The first-order chi connectivity index (χ1) is 7.77. The third kappa shape index (κ3) is 4.05. The van der Waals surface area contributed by atoms with Gasteiger partial charge in [-0.2, -0.15) is 0 Å². The molecule has 1 rings (SSSR count). The highest BCUT2D eigenvalue weighted by atomic mass is 16.1. The van der Waals surface area contributed by atoms with E-state index in [4.69, 9.17) is 0 Å². The van der Waals surface area contributed by atoms with Crippen molar-refractivity contribution in [3.05, 3.63) is 30.3 Å². The number of amides is 1. The van der Waals surface area contributed by atoms with Gasteiger partial charge in [-0.05, 0) is 25.0 Å². The summed E-state index contributed by atoms with van der Waals surface area (Å²) >= 11 is 0. The zero-order valence-electron chi connectivity index (χ0n) is 10.2. The summed E-state index contributed by atoms with van der Waals surface area (Å²) in [7, 11) is 0. The molecule has 2 nitrogen and oxygen atoms in total. The molecule has 0 aliphatic carbocycles. The largest absolute Gasteiger partial charge is 0.326 e. The number of carbonyl (C=O) groups excluding carboxylic acids is 1. The van der Waals surface area contributed by atoms with Gasteiger partial charge >= 0.3 is 0 Å². The minimum Gasteiger partial charge on any atom is -0.326 e. The molecule has 0 fully saturated rings.